The zero-order chi connectivity index (χ0) is 19.9. The molecule has 0 radical (unpaired) electrons. The summed E-state index contributed by atoms with van der Waals surface area (Å²) in [5.41, 5.74) is 2.95. The fourth-order valence-electron chi connectivity index (χ4n) is 3.30. The molecule has 0 aliphatic carbocycles. The maximum atomic E-state index is 8.88. The molecule has 2 aromatic carbocycles. The summed E-state index contributed by atoms with van der Waals surface area (Å²) in [5, 5.41) is 8.88. The lowest BCUT2D eigenvalue weighted by Crippen LogP contribution is -1.97. The maximum Gasteiger partial charge on any atom is 0.119 e. The van der Waals surface area contributed by atoms with Crippen LogP contribution < -0.4 is 4.74 Å². The van der Waals surface area contributed by atoms with E-state index in [4.69, 9.17) is 10.00 Å². The van der Waals surface area contributed by atoms with Gasteiger partial charge in [-0.1, -0.05) is 75.6 Å². The third-order valence-electron chi connectivity index (χ3n) is 5.02. The summed E-state index contributed by atoms with van der Waals surface area (Å²) in [5.74, 6) is 1.96. The fourth-order valence-corrected chi connectivity index (χ4v) is 3.52. The van der Waals surface area contributed by atoms with Gasteiger partial charge in [0.2, 0.25) is 0 Å². The molecule has 0 aliphatic rings. The molecule has 0 amide bonds. The van der Waals surface area contributed by atoms with Crippen molar-refractivity contribution in [3.05, 3.63) is 54.1 Å². The van der Waals surface area contributed by atoms with E-state index in [1.165, 1.54) is 57.8 Å². The lowest BCUT2D eigenvalue weighted by atomic mass is 10.0. The van der Waals surface area contributed by atoms with Gasteiger partial charge < -0.3 is 4.74 Å². The van der Waals surface area contributed by atoms with Crippen LogP contribution >= 0.6 is 12.6 Å². The topological polar surface area (TPSA) is 33.0 Å². The second kappa shape index (κ2) is 14.1. The Labute approximate surface area is 176 Å². The van der Waals surface area contributed by atoms with Gasteiger partial charge >= 0.3 is 0 Å². The van der Waals surface area contributed by atoms with Crippen molar-refractivity contribution in [2.75, 3.05) is 12.4 Å². The molecular weight excluding hydrogens is 362 g/mol. The van der Waals surface area contributed by atoms with E-state index in [2.05, 4.69) is 30.8 Å². The van der Waals surface area contributed by atoms with E-state index >= 15 is 0 Å². The SMILES string of the molecule is N#Cc1ccc(-c2ccc(OCCCCCCCCCCCCS)cc2)cc1. The number of nitriles is 1. The number of rotatable bonds is 14. The van der Waals surface area contributed by atoms with Crippen LogP contribution in [0.25, 0.3) is 11.1 Å². The molecule has 0 N–H and O–H groups in total. The number of unbranched alkanes of at least 4 members (excludes halogenated alkanes) is 9. The third kappa shape index (κ3) is 8.85. The molecule has 2 nitrogen and oxygen atoms in total. The molecule has 150 valence electrons. The van der Waals surface area contributed by atoms with Gasteiger partial charge in [0.25, 0.3) is 0 Å². The van der Waals surface area contributed by atoms with Crippen molar-refractivity contribution in [2.45, 2.75) is 64.2 Å². The van der Waals surface area contributed by atoms with E-state index in [9.17, 15) is 0 Å². The smallest absolute Gasteiger partial charge is 0.119 e. The van der Waals surface area contributed by atoms with Crippen LogP contribution in [-0.2, 0) is 0 Å². The zero-order valence-electron chi connectivity index (χ0n) is 16.9. The van der Waals surface area contributed by atoms with Crippen molar-refractivity contribution in [1.29, 1.82) is 5.26 Å². The van der Waals surface area contributed by atoms with E-state index in [0.717, 1.165) is 35.7 Å². The second-order valence-electron chi connectivity index (χ2n) is 7.32. The number of hydrogen-bond donors (Lipinski definition) is 1. The van der Waals surface area contributed by atoms with Gasteiger partial charge in [0.05, 0.1) is 18.2 Å². The summed E-state index contributed by atoms with van der Waals surface area (Å²) in [6.45, 7) is 0.792. The van der Waals surface area contributed by atoms with Crippen LogP contribution in [0.15, 0.2) is 48.5 Å². The minimum Gasteiger partial charge on any atom is -0.494 e. The van der Waals surface area contributed by atoms with Crippen LogP contribution in [0.4, 0.5) is 0 Å². The Bertz CT molecular complexity index is 688. The van der Waals surface area contributed by atoms with Crippen molar-refractivity contribution in [1.82, 2.24) is 0 Å². The van der Waals surface area contributed by atoms with E-state index in [-0.39, 0.29) is 0 Å². The Morgan fingerprint density at radius 3 is 1.61 bits per heavy atom. The Morgan fingerprint density at radius 1 is 0.643 bits per heavy atom. The van der Waals surface area contributed by atoms with Crippen LogP contribution in [-0.4, -0.2) is 12.4 Å². The second-order valence-corrected chi connectivity index (χ2v) is 7.77. The molecule has 2 rings (SSSR count). The standard InChI is InChI=1S/C25H33NOS/c26-21-22-11-13-23(14-12-22)24-15-17-25(18-16-24)27-19-9-7-5-3-1-2-4-6-8-10-20-28/h11-18,28H,1-10,19-20H2. The quantitative estimate of drug-likeness (QED) is 0.266. The van der Waals surface area contributed by atoms with Gasteiger partial charge in [-0.05, 0) is 54.0 Å². The molecule has 0 aromatic heterocycles. The molecule has 0 unspecified atom stereocenters. The molecule has 0 bridgehead atoms. The van der Waals surface area contributed by atoms with Crippen molar-refractivity contribution < 1.29 is 4.74 Å². The Kier molecular flexibility index (Phi) is 11.3. The number of thiol groups is 1. The average Bonchev–Trinajstić information content (AvgIpc) is 2.75. The molecule has 0 heterocycles. The normalized spacial score (nSPS) is 10.6. The van der Waals surface area contributed by atoms with E-state index in [0.29, 0.717) is 5.56 Å². The number of nitrogens with zero attached hydrogens (tertiary/aromatic N) is 1. The monoisotopic (exact) mass is 395 g/mol. The molecule has 0 saturated heterocycles. The fraction of sp³-hybridized carbons (Fsp3) is 0.480. The average molecular weight is 396 g/mol. The van der Waals surface area contributed by atoms with Crippen molar-refractivity contribution in [2.24, 2.45) is 0 Å². The molecule has 0 aliphatic heterocycles. The number of benzene rings is 2. The van der Waals surface area contributed by atoms with E-state index in [1.54, 1.807) is 0 Å². The van der Waals surface area contributed by atoms with Gasteiger partial charge in [-0.15, -0.1) is 0 Å². The van der Waals surface area contributed by atoms with Crippen LogP contribution in [0, 0.1) is 11.3 Å². The lowest BCUT2D eigenvalue weighted by Gasteiger charge is -2.08. The number of ether oxygens (including phenoxy) is 1. The van der Waals surface area contributed by atoms with Gasteiger partial charge in [-0.25, -0.2) is 0 Å². The Balaban J connectivity index is 1.53. The summed E-state index contributed by atoms with van der Waals surface area (Å²) in [4.78, 5) is 0. The van der Waals surface area contributed by atoms with E-state index in [1.807, 2.05) is 36.4 Å². The predicted octanol–water partition coefficient (Wildman–Crippen LogP) is 7.43. The van der Waals surface area contributed by atoms with Crippen LogP contribution in [0.3, 0.4) is 0 Å². The zero-order valence-corrected chi connectivity index (χ0v) is 17.8. The van der Waals surface area contributed by atoms with Gasteiger partial charge in [0, 0.05) is 0 Å². The first-order valence-electron chi connectivity index (χ1n) is 10.7. The van der Waals surface area contributed by atoms with Crippen molar-refractivity contribution in [3.8, 4) is 22.9 Å². The van der Waals surface area contributed by atoms with Gasteiger partial charge in [-0.2, -0.15) is 17.9 Å². The van der Waals surface area contributed by atoms with Crippen molar-refractivity contribution >= 4 is 12.6 Å². The molecule has 0 fully saturated rings. The molecule has 3 heteroatoms. The minimum atomic E-state index is 0.688. The highest BCUT2D eigenvalue weighted by atomic mass is 32.1. The largest absolute Gasteiger partial charge is 0.494 e. The molecule has 0 spiro atoms. The highest BCUT2D eigenvalue weighted by molar-refractivity contribution is 7.80. The highest BCUT2D eigenvalue weighted by Gasteiger charge is 2.00. The van der Waals surface area contributed by atoms with Crippen LogP contribution in [0.1, 0.15) is 69.8 Å². The molecule has 0 saturated carbocycles. The summed E-state index contributed by atoms with van der Waals surface area (Å²) < 4.78 is 5.87. The molecular formula is C25H33NOS. The molecule has 2 aromatic rings. The van der Waals surface area contributed by atoms with Gasteiger partial charge in [0.15, 0.2) is 0 Å². The summed E-state index contributed by atoms with van der Waals surface area (Å²) >= 11 is 4.25. The van der Waals surface area contributed by atoms with Crippen molar-refractivity contribution in [3.63, 3.8) is 0 Å². The summed E-state index contributed by atoms with van der Waals surface area (Å²) in [6.07, 6.45) is 13.2. The van der Waals surface area contributed by atoms with Crippen LogP contribution in [0.2, 0.25) is 0 Å². The van der Waals surface area contributed by atoms with E-state index < -0.39 is 0 Å². The summed E-state index contributed by atoms with van der Waals surface area (Å²) in [7, 11) is 0. The lowest BCUT2D eigenvalue weighted by molar-refractivity contribution is 0.304. The van der Waals surface area contributed by atoms with Gasteiger partial charge in [-0.3, -0.25) is 0 Å². The first-order chi connectivity index (χ1) is 13.8. The van der Waals surface area contributed by atoms with Gasteiger partial charge in [0.1, 0.15) is 5.75 Å². The predicted molar refractivity (Wildman–Crippen MR) is 122 cm³/mol. The molecule has 28 heavy (non-hydrogen) atoms. The first-order valence-corrected chi connectivity index (χ1v) is 11.3. The number of hydrogen-bond acceptors (Lipinski definition) is 3. The maximum absolute atomic E-state index is 8.88. The minimum absolute atomic E-state index is 0.688. The molecule has 0 atom stereocenters. The highest BCUT2D eigenvalue weighted by Crippen LogP contribution is 2.23. The van der Waals surface area contributed by atoms with Crippen LogP contribution in [0.5, 0.6) is 5.75 Å². The Hall–Kier alpha value is -1.92. The third-order valence-corrected chi connectivity index (χ3v) is 5.34. The Morgan fingerprint density at radius 2 is 1.11 bits per heavy atom. The summed E-state index contributed by atoms with van der Waals surface area (Å²) in [6, 6.07) is 18.0. The first kappa shape index (κ1) is 22.4.